The topological polar surface area (TPSA) is 323 Å². The van der Waals surface area contributed by atoms with E-state index < -0.39 is 90.4 Å². The van der Waals surface area contributed by atoms with Crippen LogP contribution in [0.25, 0.3) is 0 Å². The fourth-order valence-electron chi connectivity index (χ4n) is 3.52. The highest BCUT2D eigenvalue weighted by Gasteiger charge is 2.32. The number of nitrogens with one attached hydrogen (secondary N) is 4. The fraction of sp³-hybridized carbons (Fsp3) is 0.440. The summed E-state index contributed by atoms with van der Waals surface area (Å²) in [6.45, 7) is 1.14. The molecule has 18 nitrogen and oxygen atoms in total. The molecule has 13 N–H and O–H groups in total. The highest BCUT2D eigenvalue weighted by molar-refractivity contribution is 5.97. The number of carbonyl (C=O) groups is 8. The van der Waals surface area contributed by atoms with E-state index in [-0.39, 0.29) is 25.0 Å². The minimum absolute atomic E-state index is 0.0729. The van der Waals surface area contributed by atoms with E-state index in [0.29, 0.717) is 5.56 Å². The van der Waals surface area contributed by atoms with Gasteiger partial charge in [-0.2, -0.15) is 0 Å². The van der Waals surface area contributed by atoms with Gasteiger partial charge in [0.2, 0.25) is 35.4 Å². The van der Waals surface area contributed by atoms with Gasteiger partial charge >= 0.3 is 11.9 Å². The normalized spacial score (nSPS) is 14.1. The quantitative estimate of drug-likeness (QED) is 0.0759. The van der Waals surface area contributed by atoms with Gasteiger partial charge in [0.25, 0.3) is 0 Å². The van der Waals surface area contributed by atoms with Crippen molar-refractivity contribution >= 4 is 47.4 Å². The maximum absolute atomic E-state index is 13.3. The Balaban J connectivity index is 3.11. The monoisotopic (exact) mass is 609 g/mol. The highest BCUT2D eigenvalue weighted by Crippen LogP contribution is 2.12. The molecule has 43 heavy (non-hydrogen) atoms. The first-order valence-electron chi connectivity index (χ1n) is 12.8. The van der Waals surface area contributed by atoms with Gasteiger partial charge in [-0.15, -0.1) is 0 Å². The number of rotatable bonds is 18. The zero-order valence-electron chi connectivity index (χ0n) is 23.1. The summed E-state index contributed by atoms with van der Waals surface area (Å²) in [4.78, 5) is 96.0. The molecule has 0 aliphatic rings. The van der Waals surface area contributed by atoms with E-state index >= 15 is 0 Å². The number of aromatic hydroxyl groups is 1. The average Bonchev–Trinajstić information content (AvgIpc) is 2.90. The van der Waals surface area contributed by atoms with Gasteiger partial charge in [0, 0.05) is 12.8 Å². The molecule has 1 rings (SSSR count). The predicted molar refractivity (Wildman–Crippen MR) is 145 cm³/mol. The summed E-state index contributed by atoms with van der Waals surface area (Å²) in [6, 6.07) is -1.99. The number of hydrogen-bond acceptors (Lipinski definition) is 10. The van der Waals surface area contributed by atoms with Crippen LogP contribution in [-0.4, -0.2) is 92.9 Å². The molecule has 0 aromatic heterocycles. The Bertz CT molecular complexity index is 1220. The molecule has 0 bridgehead atoms. The van der Waals surface area contributed by atoms with Crippen LogP contribution in [0.4, 0.5) is 0 Å². The van der Waals surface area contributed by atoms with Crippen molar-refractivity contribution in [2.24, 2.45) is 17.2 Å². The third-order valence-electron chi connectivity index (χ3n) is 5.83. The van der Waals surface area contributed by atoms with E-state index in [1.54, 1.807) is 0 Å². The molecule has 6 amide bonds. The van der Waals surface area contributed by atoms with Crippen molar-refractivity contribution in [2.45, 2.75) is 69.2 Å². The van der Waals surface area contributed by atoms with Crippen LogP contribution in [0.15, 0.2) is 24.3 Å². The summed E-state index contributed by atoms with van der Waals surface area (Å²) in [5, 5.41) is 36.3. The minimum atomic E-state index is -1.80. The van der Waals surface area contributed by atoms with E-state index in [2.05, 4.69) is 16.0 Å². The molecular weight excluding hydrogens is 574 g/mol. The molecule has 0 radical (unpaired) electrons. The molecule has 5 atom stereocenters. The van der Waals surface area contributed by atoms with Gasteiger partial charge in [-0.25, -0.2) is 4.79 Å². The van der Waals surface area contributed by atoms with Gasteiger partial charge in [0.1, 0.15) is 29.9 Å². The van der Waals surface area contributed by atoms with Crippen molar-refractivity contribution in [2.75, 3.05) is 0 Å². The first-order valence-corrected chi connectivity index (χ1v) is 12.8. The maximum Gasteiger partial charge on any atom is 0.326 e. The van der Waals surface area contributed by atoms with Crippen LogP contribution in [0.3, 0.4) is 0 Å². The number of carboxylic acids is 2. The molecule has 236 valence electrons. The number of phenols is 1. The smallest absolute Gasteiger partial charge is 0.326 e. The third kappa shape index (κ3) is 13.3. The zero-order valence-corrected chi connectivity index (χ0v) is 23.1. The Morgan fingerprint density at radius 3 is 1.77 bits per heavy atom. The van der Waals surface area contributed by atoms with E-state index in [4.69, 9.17) is 27.4 Å². The fourth-order valence-corrected chi connectivity index (χ4v) is 3.52. The van der Waals surface area contributed by atoms with Gasteiger partial charge < -0.3 is 53.8 Å². The minimum Gasteiger partial charge on any atom is -0.508 e. The van der Waals surface area contributed by atoms with E-state index in [0.717, 1.165) is 6.92 Å². The first-order chi connectivity index (χ1) is 20.0. The van der Waals surface area contributed by atoms with Gasteiger partial charge in [-0.1, -0.05) is 12.1 Å². The summed E-state index contributed by atoms with van der Waals surface area (Å²) in [6.07, 6.45) is -2.20. The van der Waals surface area contributed by atoms with Crippen molar-refractivity contribution < 1.29 is 53.7 Å². The Labute approximate surface area is 244 Å². The van der Waals surface area contributed by atoms with E-state index in [1.807, 2.05) is 5.32 Å². The van der Waals surface area contributed by atoms with Crippen molar-refractivity contribution in [3.05, 3.63) is 29.8 Å². The molecule has 0 aliphatic heterocycles. The number of hydrogen-bond donors (Lipinski definition) is 10. The second kappa shape index (κ2) is 16.9. The summed E-state index contributed by atoms with van der Waals surface area (Å²) in [5.74, 6) is -8.92. The summed E-state index contributed by atoms with van der Waals surface area (Å²) >= 11 is 0. The number of aliphatic carboxylic acids is 2. The molecule has 0 saturated heterocycles. The van der Waals surface area contributed by atoms with E-state index in [1.165, 1.54) is 24.3 Å². The zero-order chi connectivity index (χ0) is 32.9. The Hall–Kier alpha value is -5.26. The van der Waals surface area contributed by atoms with Crippen LogP contribution < -0.4 is 38.5 Å². The molecule has 5 unspecified atom stereocenters. The number of amides is 6. The number of carbonyl (C=O) groups excluding carboxylic acids is 6. The van der Waals surface area contributed by atoms with Gasteiger partial charge in [0.05, 0.1) is 18.9 Å². The number of benzene rings is 1. The molecule has 0 heterocycles. The van der Waals surface area contributed by atoms with Crippen LogP contribution in [0.2, 0.25) is 0 Å². The molecular formula is C25H35N7O11. The van der Waals surface area contributed by atoms with Crippen molar-refractivity contribution in [1.82, 2.24) is 21.3 Å². The average molecular weight is 610 g/mol. The second-order valence-corrected chi connectivity index (χ2v) is 9.50. The standard InChI is InChI=1S/C25H35N7O11/c1-11(21(38)32-17(25(42)43)10-20(36)37)29-23(40)16(9-19(28)35)31-24(41)15(8-12-2-4-13(33)5-3-12)30-22(39)14(26)6-7-18(27)34/h2-5,11,14-17,33H,6-10,26H2,1H3,(H2,27,34)(H2,28,35)(H,29,40)(H,30,39)(H,31,41)(H,32,38)(H,36,37)(H,42,43). The lowest BCUT2D eigenvalue weighted by atomic mass is 10.0. The van der Waals surface area contributed by atoms with Gasteiger partial charge in [-0.05, 0) is 31.0 Å². The summed E-state index contributed by atoms with van der Waals surface area (Å²) in [5.41, 5.74) is 16.5. The maximum atomic E-state index is 13.3. The molecule has 18 heteroatoms. The first kappa shape index (κ1) is 35.8. The molecule has 0 saturated carbocycles. The molecule has 0 spiro atoms. The van der Waals surface area contributed by atoms with Crippen LogP contribution >= 0.6 is 0 Å². The largest absolute Gasteiger partial charge is 0.508 e. The highest BCUT2D eigenvalue weighted by atomic mass is 16.4. The SMILES string of the molecule is CC(NC(=O)C(CC(N)=O)NC(=O)C(Cc1ccc(O)cc1)NC(=O)C(N)CCC(N)=O)C(=O)NC(CC(=O)O)C(=O)O. The molecule has 1 aromatic rings. The molecule has 0 aliphatic carbocycles. The number of nitrogens with two attached hydrogens (primary N) is 3. The lowest BCUT2D eigenvalue weighted by Gasteiger charge is -2.25. The number of phenolic OH excluding ortho intramolecular Hbond substituents is 1. The summed E-state index contributed by atoms with van der Waals surface area (Å²) < 4.78 is 0. The van der Waals surface area contributed by atoms with Gasteiger partial charge in [0.15, 0.2) is 0 Å². The second-order valence-electron chi connectivity index (χ2n) is 9.50. The van der Waals surface area contributed by atoms with Crippen LogP contribution in [0.5, 0.6) is 5.75 Å². The van der Waals surface area contributed by atoms with Crippen molar-refractivity contribution in [3.63, 3.8) is 0 Å². The van der Waals surface area contributed by atoms with Crippen molar-refractivity contribution in [1.29, 1.82) is 0 Å². The summed E-state index contributed by atoms with van der Waals surface area (Å²) in [7, 11) is 0. The van der Waals surface area contributed by atoms with Crippen LogP contribution in [-0.2, 0) is 44.8 Å². The lowest BCUT2D eigenvalue weighted by molar-refractivity contribution is -0.147. The molecule has 0 fully saturated rings. The molecule has 1 aromatic carbocycles. The van der Waals surface area contributed by atoms with Crippen molar-refractivity contribution in [3.8, 4) is 5.75 Å². The Kier molecular flexibility index (Phi) is 14.0. The predicted octanol–water partition coefficient (Wildman–Crippen LogP) is -4.08. The van der Waals surface area contributed by atoms with E-state index in [9.17, 15) is 43.5 Å². The number of carboxylic acid groups (broad SMARTS) is 2. The third-order valence-corrected chi connectivity index (χ3v) is 5.83. The Morgan fingerprint density at radius 1 is 0.721 bits per heavy atom. The van der Waals surface area contributed by atoms with Gasteiger partial charge in [-0.3, -0.25) is 33.6 Å². The van der Waals surface area contributed by atoms with Crippen LogP contribution in [0.1, 0.15) is 38.2 Å². The lowest BCUT2D eigenvalue weighted by Crippen LogP contribution is -2.59. The van der Waals surface area contributed by atoms with Crippen LogP contribution in [0, 0.1) is 0 Å². The number of primary amides is 2. The Morgan fingerprint density at radius 2 is 1.26 bits per heavy atom.